The highest BCUT2D eigenvalue weighted by Gasteiger charge is 2.32. The van der Waals surface area contributed by atoms with Gasteiger partial charge in [0.05, 0.1) is 7.11 Å². The third-order valence-corrected chi connectivity index (χ3v) is 3.03. The zero-order valence-electron chi connectivity index (χ0n) is 12.7. The van der Waals surface area contributed by atoms with Crippen LogP contribution in [0.3, 0.4) is 0 Å². The predicted octanol–water partition coefficient (Wildman–Crippen LogP) is 3.74. The van der Waals surface area contributed by atoms with E-state index in [1.54, 1.807) is 0 Å². The molecule has 130 valence electrons. The van der Waals surface area contributed by atoms with Crippen molar-refractivity contribution in [3.63, 3.8) is 0 Å². The van der Waals surface area contributed by atoms with Gasteiger partial charge in [-0.15, -0.1) is 13.2 Å². The summed E-state index contributed by atoms with van der Waals surface area (Å²) in [6, 6.07) is 7.69. The fourth-order valence-electron chi connectivity index (χ4n) is 2.02. The van der Waals surface area contributed by atoms with Crippen LogP contribution in [0.15, 0.2) is 36.4 Å². The Balaban J connectivity index is 2.45. The van der Waals surface area contributed by atoms with E-state index in [4.69, 9.17) is 15.2 Å². The highest BCUT2D eigenvalue weighted by molar-refractivity contribution is 5.69. The molecule has 0 saturated carbocycles. The maximum atomic E-state index is 14.0. The van der Waals surface area contributed by atoms with Crippen LogP contribution >= 0.6 is 0 Å². The van der Waals surface area contributed by atoms with Crippen molar-refractivity contribution >= 4 is 0 Å². The Bertz CT molecular complexity index is 704. The lowest BCUT2D eigenvalue weighted by Crippen LogP contribution is -2.18. The van der Waals surface area contributed by atoms with Crippen LogP contribution in [0, 0.1) is 5.82 Å². The van der Waals surface area contributed by atoms with Gasteiger partial charge in [0.1, 0.15) is 18.2 Å². The number of hydrogen-bond acceptors (Lipinski definition) is 4. The second-order valence-corrected chi connectivity index (χ2v) is 4.69. The Morgan fingerprint density at radius 3 is 2.42 bits per heavy atom. The summed E-state index contributed by atoms with van der Waals surface area (Å²) in [5.41, 5.74) is 5.77. The van der Waals surface area contributed by atoms with Gasteiger partial charge in [0.2, 0.25) is 0 Å². The minimum atomic E-state index is -4.87. The molecule has 0 saturated heterocycles. The first-order valence-electron chi connectivity index (χ1n) is 6.90. The van der Waals surface area contributed by atoms with Gasteiger partial charge in [-0.1, -0.05) is 6.07 Å². The largest absolute Gasteiger partial charge is 0.573 e. The molecule has 0 spiro atoms. The highest BCUT2D eigenvalue weighted by Crippen LogP contribution is 2.37. The molecule has 0 amide bonds. The molecule has 0 aliphatic carbocycles. The molecule has 8 heteroatoms. The molecule has 0 aliphatic rings. The highest BCUT2D eigenvalue weighted by atomic mass is 19.4. The molecule has 0 bridgehead atoms. The van der Waals surface area contributed by atoms with Gasteiger partial charge in [-0.05, 0) is 35.9 Å². The van der Waals surface area contributed by atoms with Crippen molar-refractivity contribution in [2.75, 3.05) is 20.3 Å². The molecule has 4 nitrogen and oxygen atoms in total. The first-order chi connectivity index (χ1) is 11.3. The van der Waals surface area contributed by atoms with Crippen LogP contribution < -0.4 is 19.9 Å². The molecule has 0 aliphatic heterocycles. The number of ether oxygens (including phenoxy) is 3. The Kier molecular flexibility index (Phi) is 5.50. The van der Waals surface area contributed by atoms with E-state index < -0.39 is 17.9 Å². The van der Waals surface area contributed by atoms with E-state index in [2.05, 4.69) is 4.74 Å². The molecule has 0 aromatic heterocycles. The zero-order chi connectivity index (χ0) is 17.7. The Morgan fingerprint density at radius 2 is 1.79 bits per heavy atom. The van der Waals surface area contributed by atoms with Crippen molar-refractivity contribution < 1.29 is 31.8 Å². The van der Waals surface area contributed by atoms with E-state index in [0.29, 0.717) is 11.3 Å². The summed E-state index contributed by atoms with van der Waals surface area (Å²) in [6.07, 6.45) is -4.87. The van der Waals surface area contributed by atoms with Gasteiger partial charge >= 0.3 is 6.36 Å². The van der Waals surface area contributed by atoms with E-state index >= 15 is 0 Å². The van der Waals surface area contributed by atoms with Crippen molar-refractivity contribution in [1.82, 2.24) is 0 Å². The molecular formula is C16H15F4NO3. The lowest BCUT2D eigenvalue weighted by atomic mass is 10.0. The number of halogens is 4. The van der Waals surface area contributed by atoms with E-state index in [1.807, 2.05) is 0 Å². The summed E-state index contributed by atoms with van der Waals surface area (Å²) in [5, 5.41) is 0. The maximum absolute atomic E-state index is 14.0. The second-order valence-electron chi connectivity index (χ2n) is 4.69. The minimum Gasteiger partial charge on any atom is -0.497 e. The minimum absolute atomic E-state index is 0.0156. The van der Waals surface area contributed by atoms with Gasteiger partial charge in [0.25, 0.3) is 0 Å². The number of alkyl halides is 3. The third-order valence-electron chi connectivity index (χ3n) is 3.03. The Morgan fingerprint density at radius 1 is 1.04 bits per heavy atom. The van der Waals surface area contributed by atoms with Gasteiger partial charge in [0, 0.05) is 12.1 Å². The van der Waals surface area contributed by atoms with Crippen molar-refractivity contribution in [3.8, 4) is 28.4 Å². The summed E-state index contributed by atoms with van der Waals surface area (Å²) >= 11 is 0. The number of hydrogen-bond donors (Lipinski definition) is 1. The predicted molar refractivity (Wildman–Crippen MR) is 79.6 cm³/mol. The third kappa shape index (κ3) is 4.51. The molecule has 2 aromatic carbocycles. The normalized spacial score (nSPS) is 11.2. The fourth-order valence-corrected chi connectivity index (χ4v) is 2.02. The number of methoxy groups -OCH3 is 1. The van der Waals surface area contributed by atoms with Gasteiger partial charge < -0.3 is 19.9 Å². The van der Waals surface area contributed by atoms with E-state index in [-0.39, 0.29) is 24.5 Å². The fraction of sp³-hybridized carbons (Fsp3) is 0.250. The molecule has 2 aromatic rings. The molecule has 0 radical (unpaired) electrons. The van der Waals surface area contributed by atoms with Crippen molar-refractivity contribution in [2.45, 2.75) is 6.36 Å². The van der Waals surface area contributed by atoms with Crippen LogP contribution in [0.25, 0.3) is 11.1 Å². The van der Waals surface area contributed by atoms with Gasteiger partial charge in [-0.2, -0.15) is 0 Å². The average molecular weight is 345 g/mol. The first-order valence-corrected chi connectivity index (χ1v) is 6.90. The molecular weight excluding hydrogens is 330 g/mol. The summed E-state index contributed by atoms with van der Waals surface area (Å²) in [5.74, 6) is -0.850. The molecule has 2 rings (SSSR count). The molecule has 2 N–H and O–H groups in total. The molecule has 0 atom stereocenters. The van der Waals surface area contributed by atoms with Crippen LogP contribution in [0.1, 0.15) is 0 Å². The van der Waals surface area contributed by atoms with Crippen molar-refractivity contribution in [1.29, 1.82) is 0 Å². The molecule has 24 heavy (non-hydrogen) atoms. The first kappa shape index (κ1) is 17.9. The molecule has 0 unspecified atom stereocenters. The van der Waals surface area contributed by atoms with Crippen LogP contribution in [0.5, 0.6) is 17.2 Å². The van der Waals surface area contributed by atoms with E-state index in [0.717, 1.165) is 6.07 Å². The van der Waals surface area contributed by atoms with Crippen molar-refractivity contribution in [2.24, 2.45) is 5.73 Å². The Hall–Kier alpha value is -2.48. The van der Waals surface area contributed by atoms with Crippen LogP contribution in [0.4, 0.5) is 17.6 Å². The van der Waals surface area contributed by atoms with Crippen molar-refractivity contribution in [3.05, 3.63) is 42.2 Å². The number of benzene rings is 2. The number of rotatable bonds is 6. The number of nitrogens with two attached hydrogens (primary N) is 1. The summed E-state index contributed by atoms with van der Waals surface area (Å²) in [7, 11) is 1.42. The molecule has 0 fully saturated rings. The maximum Gasteiger partial charge on any atom is 0.573 e. The van der Waals surface area contributed by atoms with Crippen LogP contribution in [-0.4, -0.2) is 26.6 Å². The molecule has 0 heterocycles. The lowest BCUT2D eigenvalue weighted by Gasteiger charge is -2.15. The SMILES string of the molecule is COc1ccc(F)c(-c2ccc(OC(F)(F)F)c(OCCN)c2)c1. The lowest BCUT2D eigenvalue weighted by molar-refractivity contribution is -0.275. The van der Waals surface area contributed by atoms with E-state index in [1.165, 1.54) is 37.4 Å². The monoisotopic (exact) mass is 345 g/mol. The van der Waals surface area contributed by atoms with Crippen LogP contribution in [0.2, 0.25) is 0 Å². The summed E-state index contributed by atoms with van der Waals surface area (Å²) in [4.78, 5) is 0. The van der Waals surface area contributed by atoms with Gasteiger partial charge in [0.15, 0.2) is 11.5 Å². The second kappa shape index (κ2) is 7.39. The Labute approximate surface area is 135 Å². The summed E-state index contributed by atoms with van der Waals surface area (Å²) in [6.45, 7) is 0.0848. The average Bonchev–Trinajstić information content (AvgIpc) is 2.53. The summed E-state index contributed by atoms with van der Waals surface area (Å²) < 4.78 is 65.5. The van der Waals surface area contributed by atoms with Crippen LogP contribution in [-0.2, 0) is 0 Å². The smallest absolute Gasteiger partial charge is 0.497 e. The standard InChI is InChI=1S/C16H15F4NO3/c1-22-11-3-4-13(17)12(9-11)10-2-5-14(24-16(18,19)20)15(8-10)23-7-6-21/h2-5,8-9H,6-7,21H2,1H3. The zero-order valence-corrected chi connectivity index (χ0v) is 12.7. The van der Waals surface area contributed by atoms with Gasteiger partial charge in [-0.3, -0.25) is 0 Å². The van der Waals surface area contributed by atoms with E-state index in [9.17, 15) is 17.6 Å². The van der Waals surface area contributed by atoms with Gasteiger partial charge in [-0.25, -0.2) is 4.39 Å². The quantitative estimate of drug-likeness (QED) is 0.811. The topological polar surface area (TPSA) is 53.7 Å².